The number of nitrogens with zero attached hydrogens (tertiary/aromatic N) is 8. The van der Waals surface area contributed by atoms with Gasteiger partial charge in [-0.25, -0.2) is 19.3 Å². The maximum absolute atomic E-state index is 10.0. The van der Waals surface area contributed by atoms with E-state index >= 15 is 0 Å². The monoisotopic (exact) mass is 1150 g/mol. The first-order chi connectivity index (χ1) is 38.4. The molecule has 1 N–H and O–H groups in total. The molecular formula is C64H57BrCl2N8O4. The highest BCUT2D eigenvalue weighted by Crippen LogP contribution is 2.39. The summed E-state index contributed by atoms with van der Waals surface area (Å²) < 4.78 is 22.0. The first kappa shape index (κ1) is 54.4. The Morgan fingerprint density at radius 2 is 0.987 bits per heavy atom. The van der Waals surface area contributed by atoms with Gasteiger partial charge in [0.2, 0.25) is 5.88 Å². The highest BCUT2D eigenvalue weighted by molar-refractivity contribution is 9.10. The number of aryl methyl sites for hydroxylation is 4. The average Bonchev–Trinajstić information content (AvgIpc) is 4.32. The molecule has 13 rings (SSSR count). The molecule has 6 aromatic heterocycles. The molecule has 0 unspecified atom stereocenters. The summed E-state index contributed by atoms with van der Waals surface area (Å²) in [5.41, 5.74) is 17.2. The molecule has 2 atom stereocenters. The summed E-state index contributed by atoms with van der Waals surface area (Å²) in [7, 11) is 3.33. The Morgan fingerprint density at radius 3 is 1.44 bits per heavy atom. The van der Waals surface area contributed by atoms with E-state index in [1.54, 1.807) is 26.6 Å². The van der Waals surface area contributed by atoms with E-state index in [1.807, 2.05) is 155 Å². The second-order valence-electron chi connectivity index (χ2n) is 19.2. The smallest absolute Gasteiger partial charge is 0.213 e. The zero-order valence-corrected chi connectivity index (χ0v) is 47.6. The van der Waals surface area contributed by atoms with Gasteiger partial charge in [-0.05, 0) is 133 Å². The number of hydrogen-bond donors (Lipinski definition) is 1. The molecule has 6 heterocycles. The van der Waals surface area contributed by atoms with E-state index in [0.717, 1.165) is 90.8 Å². The summed E-state index contributed by atoms with van der Waals surface area (Å²) in [6.07, 6.45) is 9.70. The van der Waals surface area contributed by atoms with Crippen LogP contribution in [0.2, 0.25) is 10.0 Å². The van der Waals surface area contributed by atoms with Gasteiger partial charge < -0.3 is 19.3 Å². The van der Waals surface area contributed by atoms with E-state index in [2.05, 4.69) is 75.7 Å². The molecule has 0 spiro atoms. The van der Waals surface area contributed by atoms with Gasteiger partial charge in [-0.1, -0.05) is 96.0 Å². The van der Waals surface area contributed by atoms with Gasteiger partial charge in [0.25, 0.3) is 0 Å². The van der Waals surface area contributed by atoms with Crippen LogP contribution in [0.3, 0.4) is 0 Å². The third-order valence-electron chi connectivity index (χ3n) is 14.2. The van der Waals surface area contributed by atoms with E-state index in [0.29, 0.717) is 28.8 Å². The number of ether oxygens (including phenoxy) is 3. The van der Waals surface area contributed by atoms with Gasteiger partial charge in [-0.2, -0.15) is 10.2 Å². The topological polar surface area (TPSA) is 135 Å². The fourth-order valence-corrected chi connectivity index (χ4v) is 10.5. The largest absolute Gasteiger partial charge is 0.494 e. The van der Waals surface area contributed by atoms with E-state index in [1.165, 1.54) is 38.6 Å². The first-order valence-electron chi connectivity index (χ1n) is 25.8. The molecule has 2 aliphatic rings. The number of aliphatic hydroxyl groups excluding tert-OH is 1. The van der Waals surface area contributed by atoms with Gasteiger partial charge in [0.05, 0.1) is 54.1 Å². The summed E-state index contributed by atoms with van der Waals surface area (Å²) in [6, 6.07) is 47.0. The Hall–Kier alpha value is -7.94. The number of pyridine rings is 4. The highest BCUT2D eigenvalue weighted by atomic mass is 79.9. The van der Waals surface area contributed by atoms with Crippen molar-refractivity contribution >= 4 is 60.9 Å². The Balaban J connectivity index is 0.000000129. The fourth-order valence-electron chi connectivity index (χ4n) is 9.96. The molecule has 2 aliphatic carbocycles. The van der Waals surface area contributed by atoms with Gasteiger partial charge in [0.15, 0.2) is 0 Å². The van der Waals surface area contributed by atoms with Crippen LogP contribution in [0, 0.1) is 27.7 Å². The number of para-hydroxylation sites is 4. The van der Waals surface area contributed by atoms with Crippen molar-refractivity contribution in [3.05, 3.63) is 230 Å². The van der Waals surface area contributed by atoms with Crippen molar-refractivity contribution in [1.82, 2.24) is 39.5 Å². The molecule has 0 aliphatic heterocycles. The van der Waals surface area contributed by atoms with Crippen LogP contribution >= 0.6 is 39.1 Å². The van der Waals surface area contributed by atoms with Gasteiger partial charge in [0, 0.05) is 99.6 Å². The van der Waals surface area contributed by atoms with Crippen LogP contribution in [0.1, 0.15) is 44.8 Å². The van der Waals surface area contributed by atoms with Crippen molar-refractivity contribution in [3.63, 3.8) is 0 Å². The molecule has 0 saturated carbocycles. The number of rotatable bonds is 8. The minimum absolute atomic E-state index is 0.00997. The van der Waals surface area contributed by atoms with E-state index in [9.17, 15) is 5.11 Å². The SMILES string of the molecule is Brc1ccccn1.COc1ccccc1-n1nc2c(c1-c1ccc(Cl)cc1)C[C@@H](O)C2.COc1ccccc1-n1nc2c(c1-c1ccc(Cl)cc1)C[C@@H](Oc1ccccn1)C2.Cc1cnc2c(ccc3c(C)c(C)cnc32)c1C. The Morgan fingerprint density at radius 1 is 0.519 bits per heavy atom. The van der Waals surface area contributed by atoms with Crippen LogP contribution in [0.5, 0.6) is 17.4 Å². The molecule has 398 valence electrons. The molecule has 12 nitrogen and oxygen atoms in total. The van der Waals surface area contributed by atoms with Crippen molar-refractivity contribution in [1.29, 1.82) is 0 Å². The number of aliphatic hydroxyl groups is 1. The lowest BCUT2D eigenvalue weighted by Gasteiger charge is -2.16. The first-order valence-corrected chi connectivity index (χ1v) is 27.4. The second-order valence-corrected chi connectivity index (χ2v) is 20.9. The average molecular weight is 1150 g/mol. The summed E-state index contributed by atoms with van der Waals surface area (Å²) in [6.45, 7) is 8.48. The van der Waals surface area contributed by atoms with Crippen LogP contribution in [0.25, 0.3) is 55.7 Å². The number of benzene rings is 5. The van der Waals surface area contributed by atoms with Crippen LogP contribution < -0.4 is 14.2 Å². The summed E-state index contributed by atoms with van der Waals surface area (Å²) in [5, 5.41) is 23.6. The van der Waals surface area contributed by atoms with Crippen LogP contribution in [0.15, 0.2) is 175 Å². The third-order valence-corrected chi connectivity index (χ3v) is 15.2. The van der Waals surface area contributed by atoms with Crippen molar-refractivity contribution in [2.45, 2.75) is 65.6 Å². The molecule has 0 saturated heterocycles. The maximum Gasteiger partial charge on any atom is 0.213 e. The lowest BCUT2D eigenvalue weighted by Crippen LogP contribution is -2.18. The van der Waals surface area contributed by atoms with Crippen molar-refractivity contribution in [2.24, 2.45) is 0 Å². The van der Waals surface area contributed by atoms with Gasteiger partial charge in [-0.15, -0.1) is 0 Å². The van der Waals surface area contributed by atoms with Crippen molar-refractivity contribution in [3.8, 4) is 51.3 Å². The summed E-state index contributed by atoms with van der Waals surface area (Å²) in [5.74, 6) is 2.17. The Bertz CT molecular complexity index is 3850. The molecular weight excluding hydrogens is 1100 g/mol. The normalized spacial score (nSPS) is 14.0. The van der Waals surface area contributed by atoms with Crippen molar-refractivity contribution < 1.29 is 19.3 Å². The minimum atomic E-state index is -0.360. The summed E-state index contributed by atoms with van der Waals surface area (Å²) >= 11 is 15.4. The van der Waals surface area contributed by atoms with Crippen LogP contribution in [-0.2, 0) is 25.7 Å². The van der Waals surface area contributed by atoms with Crippen molar-refractivity contribution in [2.75, 3.05) is 14.2 Å². The van der Waals surface area contributed by atoms with E-state index in [4.69, 9.17) is 47.6 Å². The fraction of sp³-hybridized carbons (Fsp3) is 0.188. The summed E-state index contributed by atoms with van der Waals surface area (Å²) in [4.78, 5) is 17.3. The Labute approximate surface area is 477 Å². The molecule has 0 fully saturated rings. The second kappa shape index (κ2) is 24.4. The number of fused-ring (bicyclic) bond motifs is 5. The number of halogens is 3. The highest BCUT2D eigenvalue weighted by Gasteiger charge is 2.33. The predicted molar refractivity (Wildman–Crippen MR) is 319 cm³/mol. The molecule has 0 amide bonds. The zero-order valence-electron chi connectivity index (χ0n) is 44.5. The molecule has 0 radical (unpaired) electrons. The lowest BCUT2D eigenvalue weighted by molar-refractivity contribution is 0.185. The predicted octanol–water partition coefficient (Wildman–Crippen LogP) is 14.7. The zero-order chi connectivity index (χ0) is 55.2. The molecule has 79 heavy (non-hydrogen) atoms. The van der Waals surface area contributed by atoms with Gasteiger partial charge >= 0.3 is 0 Å². The number of methoxy groups -OCH3 is 2. The molecule has 0 bridgehead atoms. The molecule has 15 heteroatoms. The molecule has 5 aromatic carbocycles. The maximum atomic E-state index is 10.0. The number of aromatic nitrogens is 8. The van der Waals surface area contributed by atoms with E-state index < -0.39 is 0 Å². The van der Waals surface area contributed by atoms with Gasteiger partial charge in [-0.3, -0.25) is 9.97 Å². The lowest BCUT2D eigenvalue weighted by atomic mass is 10.0. The minimum Gasteiger partial charge on any atom is -0.494 e. The Kier molecular flexibility index (Phi) is 16.8. The standard InChI is InChI=1S/C24H20ClN3O2.C19H17ClN2O2.C16H16N2.C5H4BrN/c1-29-22-7-3-2-6-21(22)28-24(16-9-11-17(25)12-10-16)19-14-18(15-20(19)27-28)30-23-8-4-5-13-26-23;1-24-18-5-3-2-4-17(18)22-19(12-6-8-13(20)9-7-12)15-10-14(23)11-16(15)21-22;1-9-7-17-15-13(11(9)3)5-6-14-12(4)10(2)8-18-16(14)15;6-5-3-1-2-4-7-5/h2-13,18H,14-15H2,1H3;2-9,14,23H,10-11H2,1H3;5-8H,1-4H3;1-4H/t18-;14-;;/m11../s1. The molecule has 11 aromatic rings. The quantitative estimate of drug-likeness (QED) is 0.116. The van der Waals surface area contributed by atoms with E-state index in [-0.39, 0.29) is 12.2 Å². The third kappa shape index (κ3) is 11.9. The van der Waals surface area contributed by atoms with Crippen LogP contribution in [-0.4, -0.2) is 71.0 Å². The van der Waals surface area contributed by atoms with Crippen LogP contribution in [0.4, 0.5) is 0 Å². The number of hydrogen-bond acceptors (Lipinski definition) is 10. The van der Waals surface area contributed by atoms with Gasteiger partial charge in [0.1, 0.15) is 33.6 Å².